The summed E-state index contributed by atoms with van der Waals surface area (Å²) in [7, 11) is 0. The number of carbonyl (C=O) groups excluding carboxylic acids is 1. The summed E-state index contributed by atoms with van der Waals surface area (Å²) in [4.78, 5) is 11.8. The Kier molecular flexibility index (Phi) is 3.64. The van der Waals surface area contributed by atoms with Crippen molar-refractivity contribution in [1.29, 1.82) is 0 Å². The summed E-state index contributed by atoms with van der Waals surface area (Å²) < 4.78 is 16.6. The van der Waals surface area contributed by atoms with Gasteiger partial charge in [0.05, 0.1) is 0 Å². The standard InChI is InChI=1S/C16H15NO4/c1-2-7-17-16(18)14-6-5-12(21-14)11-3-4-13-15(10-11)20-9-8-19-13/h2-6,10H,1,7-9H2,(H,17,18). The van der Waals surface area contributed by atoms with Crippen molar-refractivity contribution in [3.63, 3.8) is 0 Å². The lowest BCUT2D eigenvalue weighted by Crippen LogP contribution is -2.22. The minimum absolute atomic E-state index is 0.265. The van der Waals surface area contributed by atoms with E-state index in [1.54, 1.807) is 18.2 Å². The molecule has 0 unspecified atom stereocenters. The van der Waals surface area contributed by atoms with Crippen LogP contribution < -0.4 is 14.8 Å². The first-order valence-corrected chi connectivity index (χ1v) is 6.67. The zero-order valence-corrected chi connectivity index (χ0v) is 11.4. The Balaban J connectivity index is 1.82. The van der Waals surface area contributed by atoms with Gasteiger partial charge in [0.2, 0.25) is 0 Å². The van der Waals surface area contributed by atoms with Gasteiger partial charge in [-0.15, -0.1) is 6.58 Å². The fourth-order valence-corrected chi connectivity index (χ4v) is 2.06. The number of nitrogens with one attached hydrogen (secondary N) is 1. The average Bonchev–Trinajstić information content (AvgIpc) is 3.02. The van der Waals surface area contributed by atoms with Gasteiger partial charge in [0.15, 0.2) is 17.3 Å². The van der Waals surface area contributed by atoms with E-state index in [1.165, 1.54) is 0 Å². The lowest BCUT2D eigenvalue weighted by molar-refractivity contribution is 0.0931. The molecule has 108 valence electrons. The number of carbonyl (C=O) groups is 1. The van der Waals surface area contributed by atoms with Crippen LogP contribution in [-0.4, -0.2) is 25.7 Å². The van der Waals surface area contributed by atoms with Crippen LogP contribution in [0.25, 0.3) is 11.3 Å². The van der Waals surface area contributed by atoms with Gasteiger partial charge in [-0.2, -0.15) is 0 Å². The third-order valence-electron chi connectivity index (χ3n) is 3.06. The number of rotatable bonds is 4. The fourth-order valence-electron chi connectivity index (χ4n) is 2.06. The van der Waals surface area contributed by atoms with Gasteiger partial charge in [-0.1, -0.05) is 6.08 Å². The van der Waals surface area contributed by atoms with Crippen LogP contribution in [0.1, 0.15) is 10.6 Å². The molecule has 0 atom stereocenters. The maximum Gasteiger partial charge on any atom is 0.287 e. The third kappa shape index (κ3) is 2.76. The number of hydrogen-bond acceptors (Lipinski definition) is 4. The van der Waals surface area contributed by atoms with Gasteiger partial charge >= 0.3 is 0 Å². The van der Waals surface area contributed by atoms with Gasteiger partial charge in [0.1, 0.15) is 19.0 Å². The van der Waals surface area contributed by atoms with Crippen LogP contribution in [0.5, 0.6) is 11.5 Å². The molecule has 0 spiro atoms. The topological polar surface area (TPSA) is 60.7 Å². The quantitative estimate of drug-likeness (QED) is 0.877. The molecule has 5 nitrogen and oxygen atoms in total. The molecule has 0 saturated carbocycles. The lowest BCUT2D eigenvalue weighted by atomic mass is 10.1. The van der Waals surface area contributed by atoms with Crippen molar-refractivity contribution < 1.29 is 18.7 Å². The first-order chi connectivity index (χ1) is 10.3. The van der Waals surface area contributed by atoms with Crippen molar-refractivity contribution in [3.8, 4) is 22.8 Å². The lowest BCUT2D eigenvalue weighted by Gasteiger charge is -2.18. The molecule has 1 aromatic carbocycles. The van der Waals surface area contributed by atoms with Crippen LogP contribution in [0.3, 0.4) is 0 Å². The van der Waals surface area contributed by atoms with Crippen LogP contribution in [0.2, 0.25) is 0 Å². The molecule has 0 fully saturated rings. The predicted molar refractivity (Wildman–Crippen MR) is 77.7 cm³/mol. The largest absolute Gasteiger partial charge is 0.486 e. The molecule has 0 bridgehead atoms. The van der Waals surface area contributed by atoms with Crippen LogP contribution >= 0.6 is 0 Å². The van der Waals surface area contributed by atoms with Gasteiger partial charge in [0.25, 0.3) is 5.91 Å². The second-order valence-electron chi connectivity index (χ2n) is 4.52. The summed E-state index contributed by atoms with van der Waals surface area (Å²) in [5.41, 5.74) is 0.835. The van der Waals surface area contributed by atoms with E-state index >= 15 is 0 Å². The summed E-state index contributed by atoms with van der Waals surface area (Å²) in [6, 6.07) is 8.96. The predicted octanol–water partition coefficient (Wildman–Crippen LogP) is 2.63. The molecule has 5 heteroatoms. The summed E-state index contributed by atoms with van der Waals surface area (Å²) in [5.74, 6) is 2.02. The van der Waals surface area contributed by atoms with E-state index in [4.69, 9.17) is 13.9 Å². The Morgan fingerprint density at radius 1 is 1.19 bits per heavy atom. The van der Waals surface area contributed by atoms with E-state index in [-0.39, 0.29) is 11.7 Å². The average molecular weight is 285 g/mol. The highest BCUT2D eigenvalue weighted by atomic mass is 16.6. The van der Waals surface area contributed by atoms with E-state index in [0.29, 0.717) is 31.3 Å². The van der Waals surface area contributed by atoms with E-state index in [1.807, 2.05) is 18.2 Å². The third-order valence-corrected chi connectivity index (χ3v) is 3.06. The molecule has 2 aromatic rings. The van der Waals surface area contributed by atoms with Crippen LogP contribution in [0.15, 0.2) is 47.4 Å². The Hall–Kier alpha value is -2.69. The monoisotopic (exact) mass is 285 g/mol. The Bertz CT molecular complexity index is 675. The molecule has 0 radical (unpaired) electrons. The Morgan fingerprint density at radius 2 is 2.00 bits per heavy atom. The molecule has 1 aliphatic heterocycles. The number of amides is 1. The second kappa shape index (κ2) is 5.75. The molecule has 1 aromatic heterocycles. The van der Waals surface area contributed by atoms with Crippen molar-refractivity contribution in [2.75, 3.05) is 19.8 Å². The van der Waals surface area contributed by atoms with Gasteiger partial charge < -0.3 is 19.2 Å². The van der Waals surface area contributed by atoms with Crippen molar-refractivity contribution in [2.24, 2.45) is 0 Å². The van der Waals surface area contributed by atoms with Crippen molar-refractivity contribution in [1.82, 2.24) is 5.32 Å². The molecular weight excluding hydrogens is 270 g/mol. The minimum atomic E-state index is -0.265. The number of ether oxygens (including phenoxy) is 2. The molecule has 21 heavy (non-hydrogen) atoms. The molecule has 0 aliphatic carbocycles. The number of fused-ring (bicyclic) bond motifs is 1. The van der Waals surface area contributed by atoms with Crippen LogP contribution in [0.4, 0.5) is 0 Å². The zero-order valence-electron chi connectivity index (χ0n) is 11.4. The van der Waals surface area contributed by atoms with Crippen LogP contribution in [-0.2, 0) is 0 Å². The SMILES string of the molecule is C=CCNC(=O)c1ccc(-c2ccc3c(c2)OCCO3)o1. The minimum Gasteiger partial charge on any atom is -0.486 e. The summed E-state index contributed by atoms with van der Waals surface area (Å²) in [6.07, 6.45) is 1.61. The molecule has 3 rings (SSSR count). The summed E-state index contributed by atoms with van der Waals surface area (Å²) in [6.45, 7) is 5.04. The highest BCUT2D eigenvalue weighted by molar-refractivity contribution is 5.92. The Morgan fingerprint density at radius 3 is 2.81 bits per heavy atom. The van der Waals surface area contributed by atoms with Gasteiger partial charge in [-0.05, 0) is 30.3 Å². The van der Waals surface area contributed by atoms with E-state index in [2.05, 4.69) is 11.9 Å². The normalized spacial score (nSPS) is 12.8. The van der Waals surface area contributed by atoms with E-state index in [0.717, 1.165) is 11.3 Å². The number of benzene rings is 1. The number of furan rings is 1. The molecule has 2 heterocycles. The second-order valence-corrected chi connectivity index (χ2v) is 4.52. The molecule has 0 saturated heterocycles. The van der Waals surface area contributed by atoms with E-state index in [9.17, 15) is 4.79 Å². The van der Waals surface area contributed by atoms with E-state index < -0.39 is 0 Å². The fraction of sp³-hybridized carbons (Fsp3) is 0.188. The van der Waals surface area contributed by atoms with Gasteiger partial charge in [-0.3, -0.25) is 4.79 Å². The molecule has 1 aliphatic rings. The zero-order chi connectivity index (χ0) is 14.7. The molecule has 1 amide bonds. The molecular formula is C16H15NO4. The van der Waals surface area contributed by atoms with Crippen molar-refractivity contribution in [2.45, 2.75) is 0 Å². The highest BCUT2D eigenvalue weighted by Gasteiger charge is 2.15. The first kappa shape index (κ1) is 13.3. The van der Waals surface area contributed by atoms with Gasteiger partial charge in [-0.25, -0.2) is 0 Å². The van der Waals surface area contributed by atoms with Crippen molar-refractivity contribution >= 4 is 5.91 Å². The van der Waals surface area contributed by atoms with Crippen molar-refractivity contribution in [3.05, 3.63) is 48.7 Å². The highest BCUT2D eigenvalue weighted by Crippen LogP contribution is 2.34. The summed E-state index contributed by atoms with van der Waals surface area (Å²) >= 11 is 0. The first-order valence-electron chi connectivity index (χ1n) is 6.67. The smallest absolute Gasteiger partial charge is 0.287 e. The Labute approximate surface area is 122 Å². The molecule has 1 N–H and O–H groups in total. The van der Waals surface area contributed by atoms with Gasteiger partial charge in [0, 0.05) is 12.1 Å². The maximum atomic E-state index is 11.8. The number of hydrogen-bond donors (Lipinski definition) is 1. The van der Waals surface area contributed by atoms with Crippen LogP contribution in [0, 0.1) is 0 Å². The summed E-state index contributed by atoms with van der Waals surface area (Å²) in [5, 5.41) is 2.67. The maximum absolute atomic E-state index is 11.8.